The number of hydrogen-bond acceptors (Lipinski definition) is 4. The molecule has 1 aliphatic heterocycles. The topological polar surface area (TPSA) is 74.8 Å². The smallest absolute Gasteiger partial charge is 0.256 e. The highest BCUT2D eigenvalue weighted by Gasteiger charge is 2.28. The van der Waals surface area contributed by atoms with Crippen LogP contribution in [0.1, 0.15) is 21.9 Å². The number of nitrogens with one attached hydrogen (secondary N) is 1. The second kappa shape index (κ2) is 5.07. The van der Waals surface area contributed by atoms with Crippen LogP contribution in [0.25, 0.3) is 11.4 Å². The first-order chi connectivity index (χ1) is 10.8. The summed E-state index contributed by atoms with van der Waals surface area (Å²) in [5.41, 5.74) is 2.43. The zero-order valence-electron chi connectivity index (χ0n) is 11.7. The summed E-state index contributed by atoms with van der Waals surface area (Å²) in [6, 6.07) is 13.3. The van der Waals surface area contributed by atoms with Crippen LogP contribution in [0.2, 0.25) is 0 Å². The molecular weight excluding hydrogens is 278 g/mol. The van der Waals surface area contributed by atoms with Gasteiger partial charge in [-0.2, -0.15) is 5.10 Å². The van der Waals surface area contributed by atoms with Gasteiger partial charge in [0.15, 0.2) is 5.82 Å². The van der Waals surface area contributed by atoms with Crippen LogP contribution in [0.4, 0.5) is 0 Å². The van der Waals surface area contributed by atoms with E-state index in [1.807, 2.05) is 30.3 Å². The van der Waals surface area contributed by atoms with Gasteiger partial charge in [0, 0.05) is 11.8 Å². The lowest BCUT2D eigenvalue weighted by Crippen LogP contribution is -2.23. The van der Waals surface area contributed by atoms with E-state index in [1.54, 1.807) is 23.2 Å². The molecule has 0 saturated heterocycles. The van der Waals surface area contributed by atoms with Crippen molar-refractivity contribution < 1.29 is 4.79 Å². The Kier molecular flexibility index (Phi) is 2.93. The first-order valence-corrected chi connectivity index (χ1v) is 7.01. The van der Waals surface area contributed by atoms with E-state index in [-0.39, 0.29) is 5.91 Å². The Hall–Kier alpha value is -3.02. The maximum absolute atomic E-state index is 12.3. The first-order valence-electron chi connectivity index (χ1n) is 7.01. The van der Waals surface area contributed by atoms with Crippen molar-refractivity contribution in [3.05, 3.63) is 65.7 Å². The highest BCUT2D eigenvalue weighted by atomic mass is 16.2. The number of aromatic nitrogens is 4. The van der Waals surface area contributed by atoms with E-state index < -0.39 is 0 Å². The Morgan fingerprint density at radius 2 is 2.00 bits per heavy atom. The number of H-pyrrole nitrogens is 1. The fourth-order valence-electron chi connectivity index (χ4n) is 2.57. The van der Waals surface area contributed by atoms with Crippen LogP contribution < -0.4 is 0 Å². The molecule has 1 N–H and O–H groups in total. The van der Waals surface area contributed by atoms with E-state index in [9.17, 15) is 4.79 Å². The minimum atomic E-state index is -0.0132. The number of pyridine rings is 1. The minimum absolute atomic E-state index is 0.0132. The monoisotopic (exact) mass is 291 g/mol. The molecule has 0 aliphatic carbocycles. The largest absolute Gasteiger partial charge is 0.325 e. The normalized spacial score (nSPS) is 13.5. The number of nitrogens with zero attached hydrogens (tertiary/aromatic N) is 4. The quantitative estimate of drug-likeness (QED) is 0.801. The summed E-state index contributed by atoms with van der Waals surface area (Å²) in [5.74, 6) is 1.29. The number of amides is 1. The van der Waals surface area contributed by atoms with Crippen molar-refractivity contribution in [2.24, 2.45) is 0 Å². The van der Waals surface area contributed by atoms with Crippen molar-refractivity contribution >= 4 is 5.91 Å². The summed E-state index contributed by atoms with van der Waals surface area (Å²) in [6.07, 6.45) is 1.71. The molecule has 6 nitrogen and oxygen atoms in total. The van der Waals surface area contributed by atoms with Crippen molar-refractivity contribution in [1.29, 1.82) is 0 Å². The average Bonchev–Trinajstić information content (AvgIpc) is 3.15. The molecular formula is C16H13N5O. The highest BCUT2D eigenvalue weighted by Crippen LogP contribution is 2.22. The Bertz CT molecular complexity index is 827. The van der Waals surface area contributed by atoms with Gasteiger partial charge in [-0.15, -0.1) is 0 Å². The molecule has 108 valence electrons. The van der Waals surface area contributed by atoms with Gasteiger partial charge in [0.05, 0.1) is 24.3 Å². The Balaban J connectivity index is 1.54. The average molecular weight is 291 g/mol. The van der Waals surface area contributed by atoms with Crippen LogP contribution in [-0.4, -0.2) is 31.0 Å². The number of benzene rings is 1. The zero-order chi connectivity index (χ0) is 14.9. The maximum Gasteiger partial charge on any atom is 0.256 e. The van der Waals surface area contributed by atoms with Crippen LogP contribution in [0, 0.1) is 0 Å². The number of carbonyl (C=O) groups excluding carboxylic acids is 1. The third-order valence-electron chi connectivity index (χ3n) is 3.65. The predicted octanol–water partition coefficient (Wildman–Crippen LogP) is 2.02. The molecule has 1 amide bonds. The van der Waals surface area contributed by atoms with Gasteiger partial charge in [0.1, 0.15) is 5.82 Å². The highest BCUT2D eigenvalue weighted by molar-refractivity contribution is 5.97. The zero-order valence-corrected chi connectivity index (χ0v) is 11.7. The van der Waals surface area contributed by atoms with Crippen LogP contribution in [0.15, 0.2) is 48.7 Å². The molecule has 1 aromatic carbocycles. The van der Waals surface area contributed by atoms with Crippen molar-refractivity contribution in [2.75, 3.05) is 0 Å². The number of rotatable bonds is 3. The van der Waals surface area contributed by atoms with Crippen molar-refractivity contribution in [2.45, 2.75) is 13.1 Å². The van der Waals surface area contributed by atoms with Crippen LogP contribution in [0.3, 0.4) is 0 Å². The molecule has 4 rings (SSSR count). The SMILES string of the molecule is O=C1c2cccnc2CN1Cc1nc(-c2ccccc2)n[nH]1. The summed E-state index contributed by atoms with van der Waals surface area (Å²) in [4.78, 5) is 22.7. The van der Waals surface area contributed by atoms with E-state index in [0.29, 0.717) is 30.3 Å². The minimum Gasteiger partial charge on any atom is -0.325 e. The molecule has 0 radical (unpaired) electrons. The van der Waals surface area contributed by atoms with Gasteiger partial charge in [0.2, 0.25) is 0 Å². The number of carbonyl (C=O) groups is 1. The number of fused-ring (bicyclic) bond motifs is 1. The molecule has 0 saturated carbocycles. The molecule has 22 heavy (non-hydrogen) atoms. The predicted molar refractivity (Wildman–Crippen MR) is 79.6 cm³/mol. The van der Waals surface area contributed by atoms with E-state index >= 15 is 0 Å². The number of hydrogen-bond donors (Lipinski definition) is 1. The molecule has 3 heterocycles. The van der Waals surface area contributed by atoms with Gasteiger partial charge in [-0.3, -0.25) is 14.9 Å². The van der Waals surface area contributed by atoms with E-state index in [4.69, 9.17) is 0 Å². The summed E-state index contributed by atoms with van der Waals surface area (Å²) in [7, 11) is 0. The summed E-state index contributed by atoms with van der Waals surface area (Å²) in [6.45, 7) is 0.908. The van der Waals surface area contributed by atoms with Gasteiger partial charge in [0.25, 0.3) is 5.91 Å². The lowest BCUT2D eigenvalue weighted by molar-refractivity contribution is 0.0762. The lowest BCUT2D eigenvalue weighted by atomic mass is 10.2. The van der Waals surface area contributed by atoms with Gasteiger partial charge in [-0.25, -0.2) is 4.98 Å². The van der Waals surface area contributed by atoms with Crippen molar-refractivity contribution in [3.8, 4) is 11.4 Å². The van der Waals surface area contributed by atoms with Gasteiger partial charge >= 0.3 is 0 Å². The first kappa shape index (κ1) is 12.7. The van der Waals surface area contributed by atoms with Gasteiger partial charge < -0.3 is 4.90 Å². The second-order valence-electron chi connectivity index (χ2n) is 5.13. The summed E-state index contributed by atoms with van der Waals surface area (Å²) >= 11 is 0. The summed E-state index contributed by atoms with van der Waals surface area (Å²) in [5, 5.41) is 7.12. The Labute approximate surface area is 126 Å². The molecule has 6 heteroatoms. The molecule has 0 bridgehead atoms. The lowest BCUT2D eigenvalue weighted by Gasteiger charge is -2.12. The molecule has 3 aromatic rings. The summed E-state index contributed by atoms with van der Waals surface area (Å²) < 4.78 is 0. The fraction of sp³-hybridized carbons (Fsp3) is 0.125. The molecule has 0 spiro atoms. The van der Waals surface area contributed by atoms with Gasteiger partial charge in [-0.1, -0.05) is 30.3 Å². The molecule has 0 fully saturated rings. The second-order valence-corrected chi connectivity index (χ2v) is 5.13. The third-order valence-corrected chi connectivity index (χ3v) is 3.65. The standard InChI is InChI=1S/C16H13N5O/c22-16-12-7-4-8-17-13(12)9-21(16)10-14-18-15(20-19-14)11-5-2-1-3-6-11/h1-8H,9-10H2,(H,18,19,20). The van der Waals surface area contributed by atoms with Crippen LogP contribution in [-0.2, 0) is 13.1 Å². The Morgan fingerprint density at radius 3 is 2.82 bits per heavy atom. The molecule has 0 unspecified atom stereocenters. The third kappa shape index (κ3) is 2.14. The van der Waals surface area contributed by atoms with Crippen molar-refractivity contribution in [3.63, 3.8) is 0 Å². The molecule has 1 aliphatic rings. The van der Waals surface area contributed by atoms with Crippen LogP contribution >= 0.6 is 0 Å². The maximum atomic E-state index is 12.3. The fourth-order valence-corrected chi connectivity index (χ4v) is 2.57. The Morgan fingerprint density at radius 1 is 1.14 bits per heavy atom. The van der Waals surface area contributed by atoms with Crippen LogP contribution in [0.5, 0.6) is 0 Å². The van der Waals surface area contributed by atoms with E-state index in [2.05, 4.69) is 20.2 Å². The van der Waals surface area contributed by atoms with Crippen molar-refractivity contribution in [1.82, 2.24) is 25.1 Å². The number of aromatic amines is 1. The van der Waals surface area contributed by atoms with E-state index in [1.165, 1.54) is 0 Å². The molecule has 0 atom stereocenters. The van der Waals surface area contributed by atoms with Gasteiger partial charge in [-0.05, 0) is 12.1 Å². The molecule has 2 aromatic heterocycles. The van der Waals surface area contributed by atoms with E-state index in [0.717, 1.165) is 11.3 Å².